The van der Waals surface area contributed by atoms with Crippen molar-refractivity contribution in [1.29, 1.82) is 0 Å². The Morgan fingerprint density at radius 1 is 1.05 bits per heavy atom. The molecule has 94 valence electrons. The Bertz CT molecular complexity index is 764. The zero-order valence-corrected chi connectivity index (χ0v) is 10.1. The van der Waals surface area contributed by atoms with E-state index in [1.54, 1.807) is 0 Å². The zero-order valence-electron chi connectivity index (χ0n) is 10.1. The van der Waals surface area contributed by atoms with Crippen LogP contribution in [0.4, 0.5) is 11.5 Å². The molecule has 0 amide bonds. The average Bonchev–Trinajstić information content (AvgIpc) is 3.02. The molecule has 2 aromatic heterocycles. The highest BCUT2D eigenvalue weighted by molar-refractivity contribution is 5.53. The number of hydrogen-bond acceptors (Lipinski definition) is 6. The molecular weight excluding hydrogens is 242 g/mol. The van der Waals surface area contributed by atoms with Crippen molar-refractivity contribution in [1.82, 2.24) is 25.3 Å². The van der Waals surface area contributed by atoms with Crippen LogP contribution in [0.2, 0.25) is 0 Å². The van der Waals surface area contributed by atoms with Crippen LogP contribution in [-0.4, -0.2) is 25.3 Å². The van der Waals surface area contributed by atoms with Gasteiger partial charge in [0.05, 0.1) is 0 Å². The summed E-state index contributed by atoms with van der Waals surface area (Å²) in [6.07, 6.45) is 0. The minimum Gasteiger partial charge on any atom is -0.399 e. The number of nitrogens with zero attached hydrogens (tertiary/aromatic N) is 6. The zero-order chi connectivity index (χ0) is 12.8. The summed E-state index contributed by atoms with van der Waals surface area (Å²) >= 11 is 0. The van der Waals surface area contributed by atoms with Crippen LogP contribution in [0, 0.1) is 0 Å². The topological polar surface area (TPSA) is 85.2 Å². The summed E-state index contributed by atoms with van der Waals surface area (Å²) in [6, 6.07) is 9.81. The van der Waals surface area contributed by atoms with Crippen molar-refractivity contribution in [2.45, 2.75) is 13.1 Å². The maximum Gasteiger partial charge on any atom is 0.200 e. The van der Waals surface area contributed by atoms with Gasteiger partial charge in [0, 0.05) is 18.8 Å². The SMILES string of the molecule is Nc1ccc2c(c1)CN(c1ccc3nnnn3n1)C2. The number of nitrogens with two attached hydrogens (primary N) is 1. The first-order valence-corrected chi connectivity index (χ1v) is 5.97. The van der Waals surface area contributed by atoms with E-state index in [2.05, 4.69) is 31.6 Å². The molecule has 3 aromatic rings. The van der Waals surface area contributed by atoms with Crippen LogP contribution in [0.25, 0.3) is 5.65 Å². The molecule has 0 saturated heterocycles. The molecule has 3 heterocycles. The number of benzene rings is 1. The highest BCUT2D eigenvalue weighted by Crippen LogP contribution is 2.28. The van der Waals surface area contributed by atoms with Gasteiger partial charge in [-0.15, -0.1) is 14.8 Å². The second kappa shape index (κ2) is 3.64. The van der Waals surface area contributed by atoms with E-state index in [0.717, 1.165) is 24.6 Å². The Kier molecular flexibility index (Phi) is 1.96. The third kappa shape index (κ3) is 1.59. The van der Waals surface area contributed by atoms with E-state index in [1.165, 1.54) is 15.8 Å². The molecule has 0 spiro atoms. The summed E-state index contributed by atoms with van der Waals surface area (Å²) in [7, 11) is 0. The van der Waals surface area contributed by atoms with E-state index in [9.17, 15) is 0 Å². The second-order valence-electron chi connectivity index (χ2n) is 4.60. The predicted octanol–water partition coefficient (Wildman–Crippen LogP) is 0.622. The third-order valence-electron chi connectivity index (χ3n) is 3.33. The molecule has 0 atom stereocenters. The Morgan fingerprint density at radius 2 is 1.95 bits per heavy atom. The lowest BCUT2D eigenvalue weighted by atomic mass is 10.1. The minimum atomic E-state index is 0.643. The van der Waals surface area contributed by atoms with E-state index < -0.39 is 0 Å². The van der Waals surface area contributed by atoms with Crippen molar-refractivity contribution in [3.63, 3.8) is 0 Å². The summed E-state index contributed by atoms with van der Waals surface area (Å²) in [5, 5.41) is 15.6. The molecule has 1 aliphatic heterocycles. The Balaban J connectivity index is 1.71. The first-order chi connectivity index (χ1) is 9.29. The number of anilines is 2. The smallest absolute Gasteiger partial charge is 0.200 e. The maximum atomic E-state index is 5.81. The standard InChI is InChI=1S/C12H11N7/c13-10-2-1-8-6-18(7-9(8)5-10)12-4-3-11-14-16-17-19(11)15-12/h1-5H,6-7,13H2. The molecule has 0 fully saturated rings. The van der Waals surface area contributed by atoms with Crippen LogP contribution in [-0.2, 0) is 13.1 Å². The first kappa shape index (κ1) is 10.2. The van der Waals surface area contributed by atoms with Crippen molar-refractivity contribution < 1.29 is 0 Å². The van der Waals surface area contributed by atoms with E-state index in [4.69, 9.17) is 5.73 Å². The predicted molar refractivity (Wildman–Crippen MR) is 69.3 cm³/mol. The molecule has 1 aromatic carbocycles. The molecule has 2 N–H and O–H groups in total. The lowest BCUT2D eigenvalue weighted by molar-refractivity contribution is 0.714. The molecule has 0 bridgehead atoms. The van der Waals surface area contributed by atoms with Gasteiger partial charge in [-0.2, -0.15) is 0 Å². The minimum absolute atomic E-state index is 0.643. The van der Waals surface area contributed by atoms with E-state index in [0.29, 0.717) is 5.65 Å². The van der Waals surface area contributed by atoms with Crippen LogP contribution in [0.15, 0.2) is 30.3 Å². The number of hydrogen-bond donors (Lipinski definition) is 1. The Labute approximate surface area is 108 Å². The molecule has 19 heavy (non-hydrogen) atoms. The van der Waals surface area contributed by atoms with E-state index in [-0.39, 0.29) is 0 Å². The fourth-order valence-corrected chi connectivity index (χ4v) is 2.39. The van der Waals surface area contributed by atoms with Gasteiger partial charge in [-0.3, -0.25) is 0 Å². The molecule has 0 radical (unpaired) electrons. The number of fused-ring (bicyclic) bond motifs is 2. The van der Waals surface area contributed by atoms with Crippen LogP contribution in [0.5, 0.6) is 0 Å². The third-order valence-corrected chi connectivity index (χ3v) is 3.33. The molecular formula is C12H11N7. The molecule has 7 nitrogen and oxygen atoms in total. The first-order valence-electron chi connectivity index (χ1n) is 5.97. The van der Waals surface area contributed by atoms with Gasteiger partial charge in [0.15, 0.2) is 11.5 Å². The monoisotopic (exact) mass is 253 g/mol. The molecule has 4 rings (SSSR count). The summed E-state index contributed by atoms with van der Waals surface area (Å²) < 4.78 is 1.44. The number of rotatable bonds is 1. The van der Waals surface area contributed by atoms with Crippen LogP contribution in [0.1, 0.15) is 11.1 Å². The van der Waals surface area contributed by atoms with Crippen molar-refractivity contribution in [2.24, 2.45) is 0 Å². The molecule has 0 saturated carbocycles. The fourth-order valence-electron chi connectivity index (χ4n) is 2.39. The van der Waals surface area contributed by atoms with Crippen LogP contribution < -0.4 is 10.6 Å². The number of tetrazole rings is 1. The average molecular weight is 253 g/mol. The van der Waals surface area contributed by atoms with Crippen molar-refractivity contribution in [3.05, 3.63) is 41.5 Å². The number of nitrogen functional groups attached to an aromatic ring is 1. The van der Waals surface area contributed by atoms with Gasteiger partial charge < -0.3 is 10.6 Å². The van der Waals surface area contributed by atoms with Gasteiger partial charge in [0.1, 0.15) is 0 Å². The van der Waals surface area contributed by atoms with Gasteiger partial charge in [-0.05, 0) is 45.8 Å². The second-order valence-corrected chi connectivity index (χ2v) is 4.60. The highest BCUT2D eigenvalue weighted by Gasteiger charge is 2.20. The van der Waals surface area contributed by atoms with Crippen molar-refractivity contribution in [3.8, 4) is 0 Å². The molecule has 7 heteroatoms. The molecule has 0 unspecified atom stereocenters. The summed E-state index contributed by atoms with van der Waals surface area (Å²) in [4.78, 5) is 2.17. The molecule has 1 aliphatic rings. The largest absolute Gasteiger partial charge is 0.399 e. The maximum absolute atomic E-state index is 5.81. The summed E-state index contributed by atoms with van der Waals surface area (Å²) in [5.41, 5.74) is 9.78. The van der Waals surface area contributed by atoms with E-state index in [1.807, 2.05) is 24.3 Å². The number of aromatic nitrogens is 5. The lowest BCUT2D eigenvalue weighted by Gasteiger charge is -2.15. The summed E-state index contributed by atoms with van der Waals surface area (Å²) in [6.45, 7) is 1.64. The van der Waals surface area contributed by atoms with Gasteiger partial charge >= 0.3 is 0 Å². The van der Waals surface area contributed by atoms with Crippen molar-refractivity contribution in [2.75, 3.05) is 10.6 Å². The lowest BCUT2D eigenvalue weighted by Crippen LogP contribution is -2.17. The van der Waals surface area contributed by atoms with Gasteiger partial charge in [0.2, 0.25) is 0 Å². The van der Waals surface area contributed by atoms with Crippen molar-refractivity contribution >= 4 is 17.2 Å². The highest BCUT2D eigenvalue weighted by atomic mass is 15.6. The van der Waals surface area contributed by atoms with Gasteiger partial charge in [0.25, 0.3) is 0 Å². The van der Waals surface area contributed by atoms with E-state index >= 15 is 0 Å². The van der Waals surface area contributed by atoms with Gasteiger partial charge in [-0.25, -0.2) is 0 Å². The van der Waals surface area contributed by atoms with Crippen LogP contribution in [0.3, 0.4) is 0 Å². The molecule has 0 aliphatic carbocycles. The normalized spacial score (nSPS) is 14.0. The van der Waals surface area contributed by atoms with Gasteiger partial charge in [-0.1, -0.05) is 6.07 Å². The van der Waals surface area contributed by atoms with Crippen LogP contribution >= 0.6 is 0 Å². The Morgan fingerprint density at radius 3 is 2.89 bits per heavy atom. The fraction of sp³-hybridized carbons (Fsp3) is 0.167. The quantitative estimate of drug-likeness (QED) is 0.640. The Hall–Kier alpha value is -2.70. The summed E-state index contributed by atoms with van der Waals surface area (Å²) in [5.74, 6) is 0.856.